The van der Waals surface area contributed by atoms with Gasteiger partial charge in [-0.2, -0.15) is 5.10 Å². The van der Waals surface area contributed by atoms with Crippen LogP contribution in [0.5, 0.6) is 0 Å². The second-order valence-corrected chi connectivity index (χ2v) is 4.25. The molecule has 0 radical (unpaired) electrons. The Morgan fingerprint density at radius 3 is 2.93 bits per heavy atom. The minimum atomic E-state index is 0.819. The number of hydrogen-bond donors (Lipinski definition) is 1. The lowest BCUT2D eigenvalue weighted by Gasteiger charge is -2.29. The summed E-state index contributed by atoms with van der Waals surface area (Å²) < 4.78 is 1.97. The third kappa shape index (κ3) is 1.71. The van der Waals surface area contributed by atoms with Crippen molar-refractivity contribution >= 4 is 17.3 Å². The van der Waals surface area contributed by atoms with Gasteiger partial charge in [0.05, 0.1) is 17.9 Å². The molecule has 82 valence electrons. The molecule has 2 heterocycles. The normalized spacial score (nSPS) is 15.0. The zero-order valence-electron chi connectivity index (χ0n) is 9.37. The summed E-state index contributed by atoms with van der Waals surface area (Å²) in [6.45, 7) is 3.93. The quantitative estimate of drug-likeness (QED) is 0.654. The molecule has 0 fully saturated rings. The van der Waals surface area contributed by atoms with Gasteiger partial charge < -0.3 is 10.2 Å². The van der Waals surface area contributed by atoms with Crippen molar-refractivity contribution < 1.29 is 0 Å². The lowest BCUT2D eigenvalue weighted by Crippen LogP contribution is -2.41. The molecular weight excluding hydrogens is 208 g/mol. The lowest BCUT2D eigenvalue weighted by molar-refractivity contribution is 0.376. The molecule has 0 unspecified atom stereocenters. The Kier molecular flexibility index (Phi) is 2.65. The summed E-state index contributed by atoms with van der Waals surface area (Å²) in [5.74, 6) is 0. The molecule has 2 rings (SSSR count). The highest BCUT2D eigenvalue weighted by atomic mass is 32.1. The van der Waals surface area contributed by atoms with Gasteiger partial charge in [-0.3, -0.25) is 4.68 Å². The first kappa shape index (κ1) is 10.4. The molecule has 0 bridgehead atoms. The molecule has 1 aliphatic heterocycles. The predicted molar refractivity (Wildman–Crippen MR) is 63.7 cm³/mol. The fourth-order valence-electron chi connectivity index (χ4n) is 2.11. The highest BCUT2D eigenvalue weighted by molar-refractivity contribution is 7.80. The molecule has 1 aromatic rings. The van der Waals surface area contributed by atoms with Crippen LogP contribution in [0.4, 0.5) is 0 Å². The molecule has 0 spiro atoms. The van der Waals surface area contributed by atoms with Crippen molar-refractivity contribution in [3.05, 3.63) is 17.0 Å². The molecule has 0 amide bonds. The minimum absolute atomic E-state index is 0.819. The Labute approximate surface area is 95.3 Å². The fraction of sp³-hybridized carbons (Fsp3) is 0.600. The summed E-state index contributed by atoms with van der Waals surface area (Å²) in [4.78, 5) is 2.18. The van der Waals surface area contributed by atoms with Crippen LogP contribution in [0.15, 0.2) is 0 Å². The first-order chi connectivity index (χ1) is 7.13. The minimum Gasteiger partial charge on any atom is -0.366 e. The molecule has 1 aromatic heterocycles. The fourth-order valence-corrected chi connectivity index (χ4v) is 2.27. The van der Waals surface area contributed by atoms with Gasteiger partial charge in [0.1, 0.15) is 0 Å². The van der Waals surface area contributed by atoms with E-state index in [-0.39, 0.29) is 0 Å². The van der Waals surface area contributed by atoms with Crippen molar-refractivity contribution in [3.63, 3.8) is 0 Å². The van der Waals surface area contributed by atoms with Gasteiger partial charge in [-0.25, -0.2) is 0 Å². The van der Waals surface area contributed by atoms with E-state index in [1.54, 1.807) is 0 Å². The van der Waals surface area contributed by atoms with Gasteiger partial charge >= 0.3 is 0 Å². The van der Waals surface area contributed by atoms with Gasteiger partial charge in [0.15, 0.2) is 5.11 Å². The van der Waals surface area contributed by atoms with Crippen LogP contribution in [0.1, 0.15) is 17.0 Å². The van der Waals surface area contributed by atoms with Crippen molar-refractivity contribution in [3.8, 4) is 0 Å². The second kappa shape index (κ2) is 3.81. The summed E-state index contributed by atoms with van der Waals surface area (Å²) in [5, 5.41) is 8.28. The van der Waals surface area contributed by atoms with Gasteiger partial charge in [0, 0.05) is 20.6 Å². The molecule has 0 atom stereocenters. The van der Waals surface area contributed by atoms with Crippen molar-refractivity contribution in [2.75, 3.05) is 13.6 Å². The molecule has 0 aliphatic carbocycles. The molecule has 0 saturated carbocycles. The molecule has 5 heteroatoms. The molecule has 4 nitrogen and oxygen atoms in total. The monoisotopic (exact) mass is 224 g/mol. The predicted octanol–water partition coefficient (Wildman–Crippen LogP) is 0.591. The van der Waals surface area contributed by atoms with Gasteiger partial charge in [-0.15, -0.1) is 0 Å². The summed E-state index contributed by atoms with van der Waals surface area (Å²) in [5.41, 5.74) is 3.84. The average molecular weight is 224 g/mol. The van der Waals surface area contributed by atoms with E-state index in [9.17, 15) is 0 Å². The van der Waals surface area contributed by atoms with Gasteiger partial charge in [-0.1, -0.05) is 0 Å². The highest BCUT2D eigenvalue weighted by Crippen LogP contribution is 2.21. The van der Waals surface area contributed by atoms with E-state index in [1.165, 1.54) is 11.3 Å². The number of nitrogens with one attached hydrogen (secondary N) is 1. The Balaban J connectivity index is 2.26. The first-order valence-corrected chi connectivity index (χ1v) is 5.52. The second-order valence-electron chi connectivity index (χ2n) is 3.86. The number of aryl methyl sites for hydroxylation is 2. The van der Waals surface area contributed by atoms with Crippen LogP contribution in [-0.2, 0) is 20.0 Å². The molecular formula is C10H16N4S. The van der Waals surface area contributed by atoms with Crippen molar-refractivity contribution in [2.24, 2.45) is 7.05 Å². The van der Waals surface area contributed by atoms with Crippen LogP contribution in [-0.4, -0.2) is 33.4 Å². The van der Waals surface area contributed by atoms with Crippen LogP contribution in [0.25, 0.3) is 0 Å². The standard InChI is InChI=1S/C10H16N4S/c1-7-8-4-5-14(10(15)11-2)6-9(8)13(3)12-7/h4-6H2,1-3H3,(H,11,15). The number of hydrogen-bond acceptors (Lipinski definition) is 2. The largest absolute Gasteiger partial charge is 0.366 e. The smallest absolute Gasteiger partial charge is 0.169 e. The van der Waals surface area contributed by atoms with E-state index >= 15 is 0 Å². The van der Waals surface area contributed by atoms with Crippen molar-refractivity contribution in [1.82, 2.24) is 20.0 Å². The summed E-state index contributed by atoms with van der Waals surface area (Å²) in [6, 6.07) is 0. The Morgan fingerprint density at radius 1 is 1.53 bits per heavy atom. The lowest BCUT2D eigenvalue weighted by atomic mass is 10.1. The summed E-state index contributed by atoms with van der Waals surface area (Å²) in [7, 11) is 3.87. The number of fused-ring (bicyclic) bond motifs is 1. The zero-order valence-corrected chi connectivity index (χ0v) is 10.2. The van der Waals surface area contributed by atoms with E-state index < -0.39 is 0 Å². The van der Waals surface area contributed by atoms with Gasteiger partial charge in [-0.05, 0) is 31.1 Å². The number of rotatable bonds is 0. The SMILES string of the molecule is CNC(=S)N1CCc2c(C)nn(C)c2C1. The molecule has 15 heavy (non-hydrogen) atoms. The molecule has 1 N–H and O–H groups in total. The Bertz CT molecular complexity index is 396. The molecule has 1 aliphatic rings. The molecule has 0 aromatic carbocycles. The molecule has 0 saturated heterocycles. The Morgan fingerprint density at radius 2 is 2.27 bits per heavy atom. The average Bonchev–Trinajstić information content (AvgIpc) is 2.53. The summed E-state index contributed by atoms with van der Waals surface area (Å²) >= 11 is 5.24. The van der Waals surface area contributed by atoms with Gasteiger partial charge in [0.2, 0.25) is 0 Å². The third-order valence-electron chi connectivity index (χ3n) is 2.95. The first-order valence-electron chi connectivity index (χ1n) is 5.11. The van der Waals surface area contributed by atoms with E-state index in [4.69, 9.17) is 12.2 Å². The maximum Gasteiger partial charge on any atom is 0.169 e. The zero-order chi connectivity index (χ0) is 11.0. The number of nitrogens with zero attached hydrogens (tertiary/aromatic N) is 3. The van der Waals surface area contributed by atoms with Crippen LogP contribution in [0.3, 0.4) is 0 Å². The van der Waals surface area contributed by atoms with Crippen molar-refractivity contribution in [1.29, 1.82) is 0 Å². The van der Waals surface area contributed by atoms with Crippen molar-refractivity contribution in [2.45, 2.75) is 19.9 Å². The maximum absolute atomic E-state index is 5.24. The van der Waals surface area contributed by atoms with E-state index in [0.29, 0.717) is 0 Å². The maximum atomic E-state index is 5.24. The van der Waals surface area contributed by atoms with Gasteiger partial charge in [0.25, 0.3) is 0 Å². The van der Waals surface area contributed by atoms with Crippen LogP contribution >= 0.6 is 12.2 Å². The van der Waals surface area contributed by atoms with E-state index in [0.717, 1.165) is 30.3 Å². The number of thiocarbonyl (C=S) groups is 1. The van der Waals surface area contributed by atoms with Crippen LogP contribution < -0.4 is 5.32 Å². The van der Waals surface area contributed by atoms with Crippen LogP contribution in [0.2, 0.25) is 0 Å². The topological polar surface area (TPSA) is 33.1 Å². The number of aromatic nitrogens is 2. The highest BCUT2D eigenvalue weighted by Gasteiger charge is 2.22. The van der Waals surface area contributed by atoms with Crippen LogP contribution in [0, 0.1) is 6.92 Å². The summed E-state index contributed by atoms with van der Waals surface area (Å²) in [6.07, 6.45) is 1.04. The Hall–Kier alpha value is -1.10. The van der Waals surface area contributed by atoms with E-state index in [2.05, 4.69) is 22.2 Å². The van der Waals surface area contributed by atoms with E-state index in [1.807, 2.05) is 18.8 Å². The third-order valence-corrected chi connectivity index (χ3v) is 3.41.